The molecule has 0 saturated heterocycles. The molecule has 2 rings (SSSR count). The van der Waals surface area contributed by atoms with Crippen LogP contribution in [0.15, 0.2) is 54.6 Å². The summed E-state index contributed by atoms with van der Waals surface area (Å²) in [4.78, 5) is 49.7. The number of carboxylic acids is 1. The maximum atomic E-state index is 13.0. The first-order valence-electron chi connectivity index (χ1n) is 11.1. The summed E-state index contributed by atoms with van der Waals surface area (Å²) in [6.07, 6.45) is -0.0160. The highest BCUT2D eigenvalue weighted by Gasteiger charge is 2.30. The minimum Gasteiger partial charge on any atom is -0.508 e. The van der Waals surface area contributed by atoms with Crippen LogP contribution in [0, 0.1) is 0 Å². The molecule has 36 heavy (non-hydrogen) atoms. The predicted molar refractivity (Wildman–Crippen MR) is 134 cm³/mol. The quantitative estimate of drug-likeness (QED) is 0.154. The van der Waals surface area contributed by atoms with E-state index >= 15 is 0 Å². The van der Waals surface area contributed by atoms with E-state index in [1.54, 1.807) is 42.5 Å². The second kappa shape index (κ2) is 14.1. The molecule has 0 aliphatic heterocycles. The zero-order valence-corrected chi connectivity index (χ0v) is 20.2. The topological polar surface area (TPSA) is 191 Å². The highest BCUT2D eigenvalue weighted by molar-refractivity contribution is 7.80. The van der Waals surface area contributed by atoms with E-state index in [0.29, 0.717) is 11.1 Å². The number of nitrogens with one attached hydrogen (secondary N) is 3. The van der Waals surface area contributed by atoms with Gasteiger partial charge in [-0.3, -0.25) is 14.4 Å². The summed E-state index contributed by atoms with van der Waals surface area (Å²) in [6.45, 7) is -0.814. The van der Waals surface area contributed by atoms with Gasteiger partial charge >= 0.3 is 5.97 Å². The Bertz CT molecular complexity index is 1040. The second-order valence-corrected chi connectivity index (χ2v) is 8.42. The average molecular weight is 519 g/mol. The van der Waals surface area contributed by atoms with Crippen LogP contribution in [0.25, 0.3) is 0 Å². The first kappa shape index (κ1) is 28.6. The van der Waals surface area contributed by atoms with Crippen molar-refractivity contribution in [1.82, 2.24) is 16.0 Å². The van der Waals surface area contributed by atoms with Gasteiger partial charge in [-0.15, -0.1) is 0 Å². The van der Waals surface area contributed by atoms with E-state index < -0.39 is 54.5 Å². The molecule has 0 saturated carbocycles. The maximum Gasteiger partial charge on any atom is 0.326 e. The number of nitrogens with two attached hydrogens (primary N) is 1. The number of amides is 3. The predicted octanol–water partition coefficient (Wildman–Crippen LogP) is -1.03. The van der Waals surface area contributed by atoms with Crippen LogP contribution in [0.1, 0.15) is 11.1 Å². The molecule has 8 N–H and O–H groups in total. The largest absolute Gasteiger partial charge is 0.508 e. The molecule has 2 aromatic carbocycles. The van der Waals surface area contributed by atoms with Crippen molar-refractivity contribution < 1.29 is 34.5 Å². The third-order valence-corrected chi connectivity index (χ3v) is 5.65. The smallest absolute Gasteiger partial charge is 0.326 e. The number of carbonyl (C=O) groups is 4. The summed E-state index contributed by atoms with van der Waals surface area (Å²) in [7, 11) is 0. The number of hydrogen-bond donors (Lipinski definition) is 8. The van der Waals surface area contributed by atoms with Crippen LogP contribution in [0.4, 0.5) is 0 Å². The summed E-state index contributed by atoms with van der Waals surface area (Å²) in [5.41, 5.74) is 6.95. The fourth-order valence-electron chi connectivity index (χ4n) is 3.23. The van der Waals surface area contributed by atoms with Gasteiger partial charge in [0.15, 0.2) is 0 Å². The van der Waals surface area contributed by atoms with Crippen LogP contribution in [0.2, 0.25) is 0 Å². The monoisotopic (exact) mass is 518 g/mol. The SMILES string of the molecule is NC(CS)C(=O)NC(Cc1ccc(O)cc1)C(=O)NC(CO)C(=O)NC(Cc1ccccc1)C(=O)O. The summed E-state index contributed by atoms with van der Waals surface area (Å²) in [6, 6.07) is 9.62. The van der Waals surface area contributed by atoms with E-state index in [2.05, 4.69) is 28.6 Å². The van der Waals surface area contributed by atoms with Crippen LogP contribution in [0.5, 0.6) is 5.75 Å². The number of aromatic hydroxyl groups is 1. The van der Waals surface area contributed by atoms with Crippen molar-refractivity contribution in [2.75, 3.05) is 12.4 Å². The minimum absolute atomic E-state index is 0.00480. The number of aliphatic carboxylic acids is 1. The molecule has 0 aliphatic carbocycles. The maximum absolute atomic E-state index is 13.0. The van der Waals surface area contributed by atoms with Gasteiger partial charge in [0.2, 0.25) is 17.7 Å². The highest BCUT2D eigenvalue weighted by atomic mass is 32.1. The Morgan fingerprint density at radius 2 is 1.28 bits per heavy atom. The van der Waals surface area contributed by atoms with Gasteiger partial charge in [-0.2, -0.15) is 12.6 Å². The van der Waals surface area contributed by atoms with E-state index in [1.807, 2.05) is 0 Å². The molecule has 0 bridgehead atoms. The van der Waals surface area contributed by atoms with Crippen LogP contribution < -0.4 is 21.7 Å². The number of carboxylic acid groups (broad SMARTS) is 1. The molecule has 0 heterocycles. The molecule has 11 nitrogen and oxygen atoms in total. The molecule has 12 heteroatoms. The van der Waals surface area contributed by atoms with Crippen LogP contribution in [-0.2, 0) is 32.0 Å². The molecular weight excluding hydrogens is 488 g/mol. The number of aliphatic hydroxyl groups is 1. The lowest BCUT2D eigenvalue weighted by molar-refractivity contribution is -0.142. The van der Waals surface area contributed by atoms with Crippen LogP contribution >= 0.6 is 12.6 Å². The molecule has 194 valence electrons. The van der Waals surface area contributed by atoms with Gasteiger partial charge < -0.3 is 37.0 Å². The molecule has 2 aromatic rings. The van der Waals surface area contributed by atoms with Gasteiger partial charge in [-0.1, -0.05) is 42.5 Å². The van der Waals surface area contributed by atoms with Crippen molar-refractivity contribution >= 4 is 36.3 Å². The Morgan fingerprint density at radius 1 is 0.778 bits per heavy atom. The number of aliphatic hydroxyl groups excluding tert-OH is 1. The minimum atomic E-state index is -1.48. The van der Waals surface area contributed by atoms with Crippen LogP contribution in [0.3, 0.4) is 0 Å². The highest BCUT2D eigenvalue weighted by Crippen LogP contribution is 2.12. The van der Waals surface area contributed by atoms with Crippen molar-refractivity contribution in [3.63, 3.8) is 0 Å². The molecule has 0 aromatic heterocycles. The summed E-state index contributed by atoms with van der Waals surface area (Å²) in [5, 5.41) is 35.9. The normalized spacial score (nSPS) is 14.1. The van der Waals surface area contributed by atoms with Gasteiger partial charge in [-0.25, -0.2) is 4.79 Å². The third-order valence-electron chi connectivity index (χ3n) is 5.26. The van der Waals surface area contributed by atoms with Gasteiger partial charge in [0.1, 0.15) is 23.9 Å². The lowest BCUT2D eigenvalue weighted by Crippen LogP contribution is -2.58. The van der Waals surface area contributed by atoms with Crippen molar-refractivity contribution in [3.05, 3.63) is 65.7 Å². The molecule has 0 spiro atoms. The summed E-state index contributed by atoms with van der Waals surface area (Å²) in [5.74, 6) is -3.60. The first-order chi connectivity index (χ1) is 17.1. The van der Waals surface area contributed by atoms with E-state index in [-0.39, 0.29) is 24.3 Å². The van der Waals surface area contributed by atoms with E-state index in [4.69, 9.17) is 5.73 Å². The Balaban J connectivity index is 2.13. The summed E-state index contributed by atoms with van der Waals surface area (Å²) >= 11 is 3.97. The lowest BCUT2D eigenvalue weighted by Gasteiger charge is -2.24. The van der Waals surface area contributed by atoms with Gasteiger partial charge in [0, 0.05) is 18.6 Å². The van der Waals surface area contributed by atoms with Crippen molar-refractivity contribution in [2.24, 2.45) is 5.73 Å². The first-order valence-corrected chi connectivity index (χ1v) is 11.7. The van der Waals surface area contributed by atoms with Crippen molar-refractivity contribution in [3.8, 4) is 5.75 Å². The Labute approximate surface area is 213 Å². The number of phenols is 1. The van der Waals surface area contributed by atoms with Crippen LogP contribution in [-0.4, -0.2) is 75.5 Å². The van der Waals surface area contributed by atoms with E-state index in [9.17, 15) is 34.5 Å². The number of hydrogen-bond acceptors (Lipinski definition) is 8. The van der Waals surface area contributed by atoms with Gasteiger partial charge in [0.05, 0.1) is 12.6 Å². The zero-order valence-electron chi connectivity index (χ0n) is 19.3. The molecular formula is C24H30N4O7S. The number of carbonyl (C=O) groups excluding carboxylic acids is 3. The second-order valence-electron chi connectivity index (χ2n) is 8.05. The number of rotatable bonds is 13. The zero-order chi connectivity index (χ0) is 26.7. The molecule has 0 fully saturated rings. The van der Waals surface area contributed by atoms with Gasteiger partial charge in [0.25, 0.3) is 0 Å². The molecule has 4 atom stereocenters. The number of phenolic OH excluding ortho intramolecular Hbond substituents is 1. The molecule has 3 amide bonds. The number of benzene rings is 2. The average Bonchev–Trinajstić information content (AvgIpc) is 2.87. The van der Waals surface area contributed by atoms with Crippen molar-refractivity contribution in [2.45, 2.75) is 37.0 Å². The van der Waals surface area contributed by atoms with E-state index in [0.717, 1.165) is 0 Å². The Morgan fingerprint density at radius 3 is 1.83 bits per heavy atom. The number of thiol groups is 1. The third kappa shape index (κ3) is 8.87. The fraction of sp³-hybridized carbons (Fsp3) is 0.333. The molecule has 4 unspecified atom stereocenters. The lowest BCUT2D eigenvalue weighted by atomic mass is 10.0. The Kier molecular flexibility index (Phi) is 11.2. The molecule has 0 radical (unpaired) electrons. The fourth-order valence-corrected chi connectivity index (χ4v) is 3.39. The van der Waals surface area contributed by atoms with Crippen molar-refractivity contribution in [1.29, 1.82) is 0 Å². The Hall–Kier alpha value is -3.61. The standard InChI is InChI=1S/C24H30N4O7S/c25-17(13-36)21(31)26-18(10-15-6-8-16(30)9-7-15)22(32)28-20(12-29)23(33)27-19(24(34)35)11-14-4-2-1-3-5-14/h1-9,17-20,29-30,36H,10-13,25H2,(H,26,31)(H,27,33)(H,28,32)(H,34,35). The van der Waals surface area contributed by atoms with E-state index in [1.165, 1.54) is 12.1 Å². The summed E-state index contributed by atoms with van der Waals surface area (Å²) < 4.78 is 0. The van der Waals surface area contributed by atoms with Gasteiger partial charge in [-0.05, 0) is 23.3 Å². The molecule has 0 aliphatic rings.